The third-order valence-electron chi connectivity index (χ3n) is 10.5. The first-order chi connectivity index (χ1) is 29.0. The molecule has 3 unspecified atom stereocenters. The summed E-state index contributed by atoms with van der Waals surface area (Å²) < 4.78 is 5.88. The standard InChI is InChI=1S/C53H91NO5/c1-4-7-10-13-16-19-21-23-25-26-27-29-31-34-37-40-43-46-53(58)59-49(44-41-38-35-33-30-28-24-22-20-17-14-11-8-5-2)47-52(57)54-50(48-55)51(56)45-42-39-36-32-18-15-12-9-6-3/h8,11,16-17,19-20,23-25,27-29,33,35,49-51,55-56H,4-7,9-10,12-15,18,21-22,26,30-32,34,36-48H2,1-3H3,(H,54,57)/b11-8+,19-16-,20-17+,25-23-,28-24+,29-27-,35-33+. The SMILES string of the molecule is CC/C=C/C/C=C/C/C=C/C/C=C/CCCC(CC(=O)NC(CO)C(O)CCCCCCCCCCC)OC(=O)CCCCCC/C=C\C/C=C\C/C=C\CCCCC. The number of carbonyl (C=O) groups is 2. The molecule has 0 saturated heterocycles. The Morgan fingerprint density at radius 1 is 0.508 bits per heavy atom. The molecule has 6 nitrogen and oxygen atoms in total. The lowest BCUT2D eigenvalue weighted by atomic mass is 10.0. The van der Waals surface area contributed by atoms with Crippen molar-refractivity contribution in [1.82, 2.24) is 5.32 Å². The predicted octanol–water partition coefficient (Wildman–Crippen LogP) is 14.4. The van der Waals surface area contributed by atoms with E-state index >= 15 is 0 Å². The van der Waals surface area contributed by atoms with E-state index in [1.165, 1.54) is 64.2 Å². The Bertz CT molecular complexity index is 1150. The maximum Gasteiger partial charge on any atom is 0.306 e. The van der Waals surface area contributed by atoms with Crippen molar-refractivity contribution in [3.05, 3.63) is 85.1 Å². The number of hydrogen-bond donors (Lipinski definition) is 3. The molecule has 0 aromatic heterocycles. The van der Waals surface area contributed by atoms with Crippen LogP contribution in [-0.2, 0) is 14.3 Å². The largest absolute Gasteiger partial charge is 0.462 e. The molecule has 0 radical (unpaired) electrons. The van der Waals surface area contributed by atoms with Gasteiger partial charge in [0, 0.05) is 6.42 Å². The molecule has 3 atom stereocenters. The number of hydrogen-bond acceptors (Lipinski definition) is 5. The van der Waals surface area contributed by atoms with E-state index in [0.717, 1.165) is 103 Å². The van der Waals surface area contributed by atoms with Crippen LogP contribution in [0.5, 0.6) is 0 Å². The fraction of sp³-hybridized carbons (Fsp3) is 0.698. The molecule has 0 aliphatic carbocycles. The van der Waals surface area contributed by atoms with Gasteiger partial charge < -0.3 is 20.3 Å². The number of carbonyl (C=O) groups excluding carboxylic acids is 2. The smallest absolute Gasteiger partial charge is 0.306 e. The van der Waals surface area contributed by atoms with E-state index < -0.39 is 18.2 Å². The lowest BCUT2D eigenvalue weighted by Gasteiger charge is -2.24. The second-order valence-electron chi connectivity index (χ2n) is 16.1. The fourth-order valence-electron chi connectivity index (χ4n) is 6.78. The Kier molecular flexibility index (Phi) is 43.8. The lowest BCUT2D eigenvalue weighted by molar-refractivity contribution is -0.151. The molecule has 0 spiro atoms. The van der Waals surface area contributed by atoms with E-state index in [-0.39, 0.29) is 24.9 Å². The van der Waals surface area contributed by atoms with Crippen LogP contribution in [0.15, 0.2) is 85.1 Å². The summed E-state index contributed by atoms with van der Waals surface area (Å²) in [4.78, 5) is 26.0. The molecule has 0 aromatic rings. The summed E-state index contributed by atoms with van der Waals surface area (Å²) in [5.74, 6) is -0.562. The number of nitrogens with one attached hydrogen (secondary N) is 1. The average molecular weight is 822 g/mol. The normalized spacial score (nSPS) is 14.1. The van der Waals surface area contributed by atoms with Gasteiger partial charge in [0.1, 0.15) is 6.10 Å². The van der Waals surface area contributed by atoms with Crippen LogP contribution in [0.4, 0.5) is 0 Å². The van der Waals surface area contributed by atoms with Gasteiger partial charge in [0.2, 0.25) is 5.91 Å². The van der Waals surface area contributed by atoms with Crippen LogP contribution in [0.2, 0.25) is 0 Å². The lowest BCUT2D eigenvalue weighted by Crippen LogP contribution is -2.46. The molecule has 6 heteroatoms. The van der Waals surface area contributed by atoms with Crippen LogP contribution in [-0.4, -0.2) is 46.9 Å². The second kappa shape index (κ2) is 46.1. The molecule has 0 aromatic carbocycles. The molecule has 3 N–H and O–H groups in total. The Hall–Kier alpha value is -2.96. The van der Waals surface area contributed by atoms with Crippen molar-refractivity contribution >= 4 is 11.9 Å². The van der Waals surface area contributed by atoms with Crippen molar-refractivity contribution in [2.24, 2.45) is 0 Å². The zero-order chi connectivity index (χ0) is 43.1. The Morgan fingerprint density at radius 3 is 1.46 bits per heavy atom. The third kappa shape index (κ3) is 41.6. The topological polar surface area (TPSA) is 95.9 Å². The molecule has 0 rings (SSSR count). The average Bonchev–Trinajstić information content (AvgIpc) is 3.23. The molecule has 1 amide bonds. The summed E-state index contributed by atoms with van der Waals surface area (Å²) in [7, 11) is 0. The maximum absolute atomic E-state index is 13.1. The van der Waals surface area contributed by atoms with Gasteiger partial charge in [-0.3, -0.25) is 9.59 Å². The van der Waals surface area contributed by atoms with Gasteiger partial charge in [-0.2, -0.15) is 0 Å². The van der Waals surface area contributed by atoms with Crippen LogP contribution in [0.1, 0.15) is 213 Å². The van der Waals surface area contributed by atoms with Crippen LogP contribution in [0.3, 0.4) is 0 Å². The quantitative estimate of drug-likeness (QED) is 0.0324. The first-order valence-corrected chi connectivity index (χ1v) is 24.3. The molecule has 0 heterocycles. The highest BCUT2D eigenvalue weighted by Crippen LogP contribution is 2.16. The molecule has 0 fully saturated rings. The summed E-state index contributed by atoms with van der Waals surface area (Å²) in [6.45, 7) is 6.28. The number of aliphatic hydroxyl groups is 2. The van der Waals surface area contributed by atoms with Crippen molar-refractivity contribution in [1.29, 1.82) is 0 Å². The van der Waals surface area contributed by atoms with Crippen molar-refractivity contribution in [3.63, 3.8) is 0 Å². The van der Waals surface area contributed by atoms with E-state index in [4.69, 9.17) is 4.74 Å². The highest BCUT2D eigenvalue weighted by Gasteiger charge is 2.24. The molecular formula is C53H91NO5. The Morgan fingerprint density at radius 2 is 0.932 bits per heavy atom. The van der Waals surface area contributed by atoms with Crippen LogP contribution in [0, 0.1) is 0 Å². The monoisotopic (exact) mass is 822 g/mol. The molecular weight excluding hydrogens is 731 g/mol. The van der Waals surface area contributed by atoms with Crippen molar-refractivity contribution < 1.29 is 24.5 Å². The van der Waals surface area contributed by atoms with Crippen molar-refractivity contribution in [2.45, 2.75) is 232 Å². The minimum atomic E-state index is -0.808. The van der Waals surface area contributed by atoms with Crippen LogP contribution >= 0.6 is 0 Å². The molecule has 0 saturated carbocycles. The molecule has 0 aliphatic heterocycles. The summed E-state index contributed by atoms with van der Waals surface area (Å²) >= 11 is 0. The molecule has 338 valence electrons. The summed E-state index contributed by atoms with van der Waals surface area (Å²) in [5.41, 5.74) is 0. The number of unbranched alkanes of at least 4 members (excludes halogenated alkanes) is 16. The van der Waals surface area contributed by atoms with E-state index in [1.807, 2.05) is 0 Å². The molecule has 0 bridgehead atoms. The number of aliphatic hydroxyl groups excluding tert-OH is 2. The maximum atomic E-state index is 13.1. The van der Waals surface area contributed by atoms with E-state index in [0.29, 0.717) is 19.3 Å². The minimum Gasteiger partial charge on any atom is -0.462 e. The summed E-state index contributed by atoms with van der Waals surface area (Å²) in [6.07, 6.45) is 59.3. The highest BCUT2D eigenvalue weighted by molar-refractivity contribution is 5.77. The van der Waals surface area contributed by atoms with Gasteiger partial charge >= 0.3 is 5.97 Å². The number of esters is 1. The highest BCUT2D eigenvalue weighted by atomic mass is 16.5. The Balaban J connectivity index is 4.73. The van der Waals surface area contributed by atoms with E-state index in [1.54, 1.807) is 0 Å². The Labute approximate surface area is 363 Å². The minimum absolute atomic E-state index is 0.0263. The molecule has 59 heavy (non-hydrogen) atoms. The first-order valence-electron chi connectivity index (χ1n) is 24.3. The van der Waals surface area contributed by atoms with Gasteiger partial charge in [-0.25, -0.2) is 0 Å². The second-order valence-corrected chi connectivity index (χ2v) is 16.1. The van der Waals surface area contributed by atoms with Crippen LogP contribution < -0.4 is 5.32 Å². The number of allylic oxidation sites excluding steroid dienone is 14. The third-order valence-corrected chi connectivity index (χ3v) is 10.5. The fourth-order valence-corrected chi connectivity index (χ4v) is 6.78. The van der Waals surface area contributed by atoms with Gasteiger partial charge in [-0.1, -0.05) is 189 Å². The van der Waals surface area contributed by atoms with Gasteiger partial charge in [0.25, 0.3) is 0 Å². The van der Waals surface area contributed by atoms with E-state index in [2.05, 4.69) is 111 Å². The number of rotatable bonds is 42. The number of amides is 1. The van der Waals surface area contributed by atoms with Gasteiger partial charge in [0.15, 0.2) is 0 Å². The van der Waals surface area contributed by atoms with Crippen molar-refractivity contribution in [3.8, 4) is 0 Å². The number of ether oxygens (including phenoxy) is 1. The first kappa shape index (κ1) is 56.0. The van der Waals surface area contributed by atoms with Gasteiger partial charge in [0.05, 0.1) is 25.2 Å². The van der Waals surface area contributed by atoms with Crippen LogP contribution in [0.25, 0.3) is 0 Å². The van der Waals surface area contributed by atoms with Gasteiger partial charge in [-0.05, 0) is 96.3 Å². The zero-order valence-corrected chi connectivity index (χ0v) is 38.4. The summed E-state index contributed by atoms with van der Waals surface area (Å²) in [6, 6.07) is -0.726. The zero-order valence-electron chi connectivity index (χ0n) is 38.4. The molecule has 0 aliphatic rings. The van der Waals surface area contributed by atoms with Crippen molar-refractivity contribution in [2.75, 3.05) is 6.61 Å². The summed E-state index contributed by atoms with van der Waals surface area (Å²) in [5, 5.41) is 23.6. The van der Waals surface area contributed by atoms with E-state index in [9.17, 15) is 19.8 Å². The van der Waals surface area contributed by atoms with Gasteiger partial charge in [-0.15, -0.1) is 0 Å². The predicted molar refractivity (Wildman–Crippen MR) is 254 cm³/mol.